The van der Waals surface area contributed by atoms with Gasteiger partial charge in [-0.05, 0) is 66.3 Å². The van der Waals surface area contributed by atoms with Crippen LogP contribution in [-0.2, 0) is 10.2 Å². The van der Waals surface area contributed by atoms with Gasteiger partial charge in [-0.1, -0.05) is 18.2 Å². The van der Waals surface area contributed by atoms with Crippen molar-refractivity contribution in [1.82, 2.24) is 9.97 Å². The molecule has 6 rings (SSSR count). The van der Waals surface area contributed by atoms with E-state index in [9.17, 15) is 10.1 Å². The molecule has 0 unspecified atom stereocenters. The number of pyridine rings is 2. The van der Waals surface area contributed by atoms with Crippen LogP contribution in [-0.4, -0.2) is 15.9 Å². The standard InChI is InChI=1S/C24H20N4O/c25-14-24(13-23(24)6-7-23)17-5-4-15-12-27-21(10-16(15)9-17)28-22(29)19-11-18(19)20-3-1-2-8-26-20/h1-5,8-10,12,18-19H,6-7,11,13H2,(H,27,28,29)/t18-,19-,24+/m0/s1. The molecule has 0 radical (unpaired) electrons. The largest absolute Gasteiger partial charge is 0.310 e. The van der Waals surface area contributed by atoms with Crippen molar-refractivity contribution >= 4 is 22.5 Å². The van der Waals surface area contributed by atoms with Crippen molar-refractivity contribution in [3.63, 3.8) is 0 Å². The molecule has 2 heterocycles. The van der Waals surface area contributed by atoms with Gasteiger partial charge in [0, 0.05) is 35.3 Å². The van der Waals surface area contributed by atoms with Crippen molar-refractivity contribution in [2.75, 3.05) is 5.32 Å². The summed E-state index contributed by atoms with van der Waals surface area (Å²) in [4.78, 5) is 21.4. The molecule has 1 spiro atoms. The molecule has 3 aliphatic rings. The Bertz CT molecular complexity index is 1190. The minimum Gasteiger partial charge on any atom is -0.310 e. The molecular weight excluding hydrogens is 360 g/mol. The molecule has 5 nitrogen and oxygen atoms in total. The third-order valence-corrected chi connectivity index (χ3v) is 7.09. The molecular formula is C24H20N4O. The molecule has 1 aromatic carbocycles. The first-order chi connectivity index (χ1) is 14.1. The summed E-state index contributed by atoms with van der Waals surface area (Å²) in [5.74, 6) is 0.714. The van der Waals surface area contributed by atoms with Gasteiger partial charge in [0.05, 0.1) is 11.5 Å². The molecule has 0 saturated heterocycles. The van der Waals surface area contributed by atoms with E-state index in [1.54, 1.807) is 12.4 Å². The maximum absolute atomic E-state index is 12.6. The second-order valence-electron chi connectivity index (χ2n) is 8.80. The van der Waals surface area contributed by atoms with Crippen molar-refractivity contribution < 1.29 is 4.79 Å². The molecule has 2 aromatic heterocycles. The van der Waals surface area contributed by atoms with E-state index in [2.05, 4.69) is 33.5 Å². The number of amides is 1. The second kappa shape index (κ2) is 5.64. The maximum atomic E-state index is 12.6. The van der Waals surface area contributed by atoms with E-state index in [1.165, 1.54) is 0 Å². The first-order valence-electron chi connectivity index (χ1n) is 10.2. The van der Waals surface area contributed by atoms with Crippen molar-refractivity contribution in [3.8, 4) is 6.07 Å². The van der Waals surface area contributed by atoms with Gasteiger partial charge in [0.25, 0.3) is 0 Å². The Kier molecular flexibility index (Phi) is 3.24. The number of hydrogen-bond donors (Lipinski definition) is 1. The second-order valence-corrected chi connectivity index (χ2v) is 8.80. The van der Waals surface area contributed by atoms with Crippen LogP contribution >= 0.6 is 0 Å². The predicted octanol–water partition coefficient (Wildman–Crippen LogP) is 4.32. The lowest BCUT2D eigenvalue weighted by atomic mass is 9.92. The molecule has 0 bridgehead atoms. The lowest BCUT2D eigenvalue weighted by Gasteiger charge is -2.11. The molecule has 3 aliphatic carbocycles. The molecule has 3 fully saturated rings. The number of benzene rings is 1. The SMILES string of the molecule is N#C[C@@]1(c2ccc3cnc(NC(=O)[C@H]4C[C@@H]4c4ccccn4)cc3c2)CC12CC2. The quantitative estimate of drug-likeness (QED) is 0.731. The van der Waals surface area contributed by atoms with Gasteiger partial charge in [-0.25, -0.2) is 4.98 Å². The molecule has 1 amide bonds. The fourth-order valence-electron chi connectivity index (χ4n) is 4.95. The van der Waals surface area contributed by atoms with Gasteiger partial charge in [-0.15, -0.1) is 0 Å². The van der Waals surface area contributed by atoms with Gasteiger partial charge in [-0.3, -0.25) is 9.78 Å². The minimum absolute atomic E-state index is 0.00345. The van der Waals surface area contributed by atoms with Crippen LogP contribution in [0.25, 0.3) is 10.8 Å². The van der Waals surface area contributed by atoms with Gasteiger partial charge in [0.15, 0.2) is 0 Å². The minimum atomic E-state index is -0.308. The smallest absolute Gasteiger partial charge is 0.229 e. The van der Waals surface area contributed by atoms with Gasteiger partial charge < -0.3 is 5.32 Å². The molecule has 3 atom stereocenters. The summed E-state index contributed by atoms with van der Waals surface area (Å²) < 4.78 is 0. The third kappa shape index (κ3) is 2.49. The van der Waals surface area contributed by atoms with E-state index < -0.39 is 0 Å². The molecule has 142 valence electrons. The van der Waals surface area contributed by atoms with Crippen molar-refractivity contribution in [2.45, 2.75) is 37.0 Å². The van der Waals surface area contributed by atoms with Gasteiger partial charge in [0.2, 0.25) is 5.91 Å². The van der Waals surface area contributed by atoms with E-state index in [4.69, 9.17) is 0 Å². The van der Waals surface area contributed by atoms with Crippen LogP contribution in [0.2, 0.25) is 0 Å². The predicted molar refractivity (Wildman–Crippen MR) is 109 cm³/mol. The monoisotopic (exact) mass is 380 g/mol. The highest BCUT2D eigenvalue weighted by molar-refractivity contribution is 5.96. The Morgan fingerprint density at radius 2 is 2.03 bits per heavy atom. The van der Waals surface area contributed by atoms with Crippen molar-refractivity contribution in [2.24, 2.45) is 11.3 Å². The van der Waals surface area contributed by atoms with Gasteiger partial charge in [-0.2, -0.15) is 5.26 Å². The summed E-state index contributed by atoms with van der Waals surface area (Å²) in [5, 5.41) is 14.8. The number of nitrogens with one attached hydrogen (secondary N) is 1. The first-order valence-corrected chi connectivity index (χ1v) is 10.2. The summed E-state index contributed by atoms with van der Waals surface area (Å²) in [6.45, 7) is 0. The molecule has 5 heteroatoms. The Balaban J connectivity index is 1.23. The Labute approximate surface area is 168 Å². The zero-order chi connectivity index (χ0) is 19.6. The number of rotatable bonds is 4. The number of hydrogen-bond acceptors (Lipinski definition) is 4. The highest BCUT2D eigenvalue weighted by Gasteiger charge is 2.75. The first kappa shape index (κ1) is 16.7. The number of anilines is 1. The summed E-state index contributed by atoms with van der Waals surface area (Å²) in [7, 11) is 0. The summed E-state index contributed by atoms with van der Waals surface area (Å²) in [5.41, 5.74) is 2.01. The van der Waals surface area contributed by atoms with Crippen LogP contribution in [0.1, 0.15) is 42.9 Å². The third-order valence-electron chi connectivity index (χ3n) is 7.09. The van der Waals surface area contributed by atoms with E-state index in [0.29, 0.717) is 5.82 Å². The number of carbonyl (C=O) groups excluding carboxylic acids is 1. The average Bonchev–Trinajstić information content (AvgIpc) is 3.66. The molecule has 29 heavy (non-hydrogen) atoms. The number of aromatic nitrogens is 2. The lowest BCUT2D eigenvalue weighted by Crippen LogP contribution is -2.15. The van der Waals surface area contributed by atoms with Gasteiger partial charge in [0.1, 0.15) is 5.82 Å². The number of fused-ring (bicyclic) bond motifs is 1. The normalized spacial score (nSPS) is 28.0. The highest BCUT2D eigenvalue weighted by Crippen LogP contribution is 2.78. The Morgan fingerprint density at radius 1 is 1.14 bits per heavy atom. The van der Waals surface area contributed by atoms with E-state index in [1.807, 2.05) is 30.3 Å². The number of nitrogens with zero attached hydrogens (tertiary/aromatic N) is 3. The van der Waals surface area contributed by atoms with E-state index in [-0.39, 0.29) is 28.6 Å². The summed E-state index contributed by atoms with van der Waals surface area (Å²) in [6.07, 6.45) is 7.69. The Hall–Kier alpha value is -3.26. The molecule has 3 saturated carbocycles. The maximum Gasteiger partial charge on any atom is 0.229 e. The summed E-state index contributed by atoms with van der Waals surface area (Å²) in [6, 6.07) is 16.5. The highest BCUT2D eigenvalue weighted by atomic mass is 16.2. The van der Waals surface area contributed by atoms with Crippen LogP contribution in [0.5, 0.6) is 0 Å². The van der Waals surface area contributed by atoms with E-state index >= 15 is 0 Å². The van der Waals surface area contributed by atoms with Crippen LogP contribution in [0.15, 0.2) is 54.9 Å². The zero-order valence-corrected chi connectivity index (χ0v) is 15.9. The fraction of sp³-hybridized carbons (Fsp3) is 0.333. The van der Waals surface area contributed by atoms with Crippen molar-refractivity contribution in [3.05, 3.63) is 66.1 Å². The average molecular weight is 380 g/mol. The zero-order valence-electron chi connectivity index (χ0n) is 15.9. The molecule has 1 N–H and O–H groups in total. The van der Waals surface area contributed by atoms with Crippen LogP contribution in [0.4, 0.5) is 5.82 Å². The Morgan fingerprint density at radius 3 is 2.76 bits per heavy atom. The number of nitriles is 1. The van der Waals surface area contributed by atoms with Crippen LogP contribution < -0.4 is 5.32 Å². The van der Waals surface area contributed by atoms with Crippen LogP contribution in [0.3, 0.4) is 0 Å². The lowest BCUT2D eigenvalue weighted by molar-refractivity contribution is -0.117. The topological polar surface area (TPSA) is 78.7 Å². The summed E-state index contributed by atoms with van der Waals surface area (Å²) >= 11 is 0. The van der Waals surface area contributed by atoms with E-state index in [0.717, 1.165) is 47.7 Å². The molecule has 3 aromatic rings. The molecule has 0 aliphatic heterocycles. The fourth-order valence-corrected chi connectivity index (χ4v) is 4.95. The van der Waals surface area contributed by atoms with Crippen molar-refractivity contribution in [1.29, 1.82) is 5.26 Å². The number of carbonyl (C=O) groups is 1. The van der Waals surface area contributed by atoms with Gasteiger partial charge >= 0.3 is 0 Å². The van der Waals surface area contributed by atoms with Crippen LogP contribution in [0, 0.1) is 22.7 Å².